The van der Waals surface area contributed by atoms with Crippen LogP contribution in [0.2, 0.25) is 0 Å². The van der Waals surface area contributed by atoms with Gasteiger partial charge in [-0.1, -0.05) is 0 Å². The van der Waals surface area contributed by atoms with E-state index < -0.39 is 0 Å². The molecule has 11 heavy (non-hydrogen) atoms. The molecule has 54 valence electrons. The minimum absolute atomic E-state index is 0.621. The maximum Gasteiger partial charge on any atom is 0.254 e. The molecule has 1 heterocycles. The molecule has 1 aromatic carbocycles. The van der Waals surface area contributed by atoms with Gasteiger partial charge in [-0.2, -0.15) is 0 Å². The number of thiophene rings is 1. The molecule has 2 rings (SSSR count). The predicted molar refractivity (Wildman–Crippen MR) is 45.8 cm³/mol. The maximum atomic E-state index is 10.3. The normalized spacial score (nSPS) is 10.2. The third kappa shape index (κ3) is 1.03. The maximum absolute atomic E-state index is 10.3. The smallest absolute Gasteiger partial charge is 0.144 e. The lowest BCUT2D eigenvalue weighted by Gasteiger charge is -1.84. The van der Waals surface area contributed by atoms with Crippen LogP contribution in [0.25, 0.3) is 10.1 Å². The molecule has 3 heteroatoms. The SMILES string of the molecule is O=[NH+]c1ccc2sccc2c1. The van der Waals surface area contributed by atoms with Crippen LogP contribution in [-0.2, 0) is 0 Å². The van der Waals surface area contributed by atoms with E-state index in [1.165, 1.54) is 4.70 Å². The van der Waals surface area contributed by atoms with Crippen LogP contribution in [0.3, 0.4) is 0 Å². The Morgan fingerprint density at radius 2 is 2.18 bits per heavy atom. The van der Waals surface area contributed by atoms with E-state index in [-0.39, 0.29) is 0 Å². The minimum Gasteiger partial charge on any atom is -0.144 e. The number of rotatable bonds is 1. The second-order valence-electron chi connectivity index (χ2n) is 2.28. The van der Waals surface area contributed by atoms with Crippen LogP contribution in [0.1, 0.15) is 0 Å². The molecule has 0 bridgehead atoms. The first-order valence-corrected chi connectivity index (χ1v) is 4.13. The monoisotopic (exact) mass is 164 g/mol. The third-order valence-corrected chi connectivity index (χ3v) is 2.47. The number of hydrogen-bond donors (Lipinski definition) is 1. The first kappa shape index (κ1) is 6.49. The standard InChI is InChI=1S/C8H5NOS/c10-9-7-1-2-8-6(5-7)3-4-11-8/h1-5H/p+1. The third-order valence-electron chi connectivity index (χ3n) is 1.57. The summed E-state index contributed by atoms with van der Waals surface area (Å²) >= 11 is 1.68. The summed E-state index contributed by atoms with van der Waals surface area (Å²) in [6.45, 7) is 0. The second kappa shape index (κ2) is 2.43. The Bertz CT molecular complexity index is 394. The Hall–Kier alpha value is -1.22. The molecular weight excluding hydrogens is 158 g/mol. The van der Waals surface area contributed by atoms with Crippen LogP contribution >= 0.6 is 11.3 Å². The molecule has 0 saturated carbocycles. The first-order valence-electron chi connectivity index (χ1n) is 3.25. The van der Waals surface area contributed by atoms with Gasteiger partial charge in [-0.3, -0.25) is 0 Å². The van der Waals surface area contributed by atoms with E-state index in [1.807, 2.05) is 28.8 Å². The fraction of sp³-hybridized carbons (Fsp3) is 0. The van der Waals surface area contributed by atoms with Crippen molar-refractivity contribution in [1.82, 2.24) is 0 Å². The molecule has 0 spiro atoms. The average molecular weight is 164 g/mol. The Morgan fingerprint density at radius 3 is 3.00 bits per heavy atom. The Labute approximate surface area is 67.4 Å². The first-order chi connectivity index (χ1) is 5.40. The Kier molecular flexibility index (Phi) is 1.43. The van der Waals surface area contributed by atoms with Gasteiger partial charge in [0.25, 0.3) is 5.69 Å². The molecule has 0 unspecified atom stereocenters. The molecule has 1 aromatic heterocycles. The van der Waals surface area contributed by atoms with E-state index in [4.69, 9.17) is 0 Å². The highest BCUT2D eigenvalue weighted by Gasteiger charge is 1.99. The number of hydrogen-bond acceptors (Lipinski definition) is 2. The summed E-state index contributed by atoms with van der Waals surface area (Å²) in [6, 6.07) is 7.58. The average Bonchev–Trinajstić information content (AvgIpc) is 2.50. The van der Waals surface area contributed by atoms with E-state index in [0.717, 1.165) is 5.39 Å². The highest BCUT2D eigenvalue weighted by Crippen LogP contribution is 2.21. The zero-order chi connectivity index (χ0) is 7.68. The van der Waals surface area contributed by atoms with Gasteiger partial charge in [-0.05, 0) is 22.9 Å². The molecule has 0 radical (unpaired) electrons. The van der Waals surface area contributed by atoms with Crippen molar-refractivity contribution in [1.29, 1.82) is 0 Å². The highest BCUT2D eigenvalue weighted by atomic mass is 32.1. The lowest BCUT2D eigenvalue weighted by molar-refractivity contribution is -0.379. The molecule has 0 aliphatic rings. The molecule has 0 atom stereocenters. The summed E-state index contributed by atoms with van der Waals surface area (Å²) in [5, 5.41) is 5.00. The van der Waals surface area contributed by atoms with Crippen molar-refractivity contribution in [2.75, 3.05) is 0 Å². The number of nitrogens with one attached hydrogen (secondary N) is 1. The second-order valence-corrected chi connectivity index (χ2v) is 3.22. The van der Waals surface area contributed by atoms with E-state index in [9.17, 15) is 4.91 Å². The minimum atomic E-state index is 0.621. The van der Waals surface area contributed by atoms with Gasteiger partial charge in [0.05, 0.1) is 0 Å². The fourth-order valence-electron chi connectivity index (χ4n) is 1.03. The van der Waals surface area contributed by atoms with Gasteiger partial charge < -0.3 is 0 Å². The Balaban J connectivity index is 2.76. The predicted octanol–water partition coefficient (Wildman–Crippen LogP) is 1.38. The van der Waals surface area contributed by atoms with Crippen molar-refractivity contribution >= 4 is 27.1 Å². The molecule has 1 N–H and O–H groups in total. The highest BCUT2D eigenvalue weighted by molar-refractivity contribution is 7.17. The number of nitroso groups, excluding NO2 is 1. The van der Waals surface area contributed by atoms with E-state index in [1.54, 1.807) is 17.4 Å². The summed E-state index contributed by atoms with van der Waals surface area (Å²) in [5.41, 5.74) is 0.621. The zero-order valence-corrected chi connectivity index (χ0v) is 6.52. The van der Waals surface area contributed by atoms with Crippen LogP contribution in [0.15, 0.2) is 29.6 Å². The molecule has 0 amide bonds. The van der Waals surface area contributed by atoms with Crippen LogP contribution in [-0.4, -0.2) is 0 Å². The molecule has 2 aromatic rings. The van der Waals surface area contributed by atoms with Crippen molar-refractivity contribution < 1.29 is 5.18 Å². The van der Waals surface area contributed by atoms with E-state index in [0.29, 0.717) is 5.69 Å². The van der Waals surface area contributed by atoms with Gasteiger partial charge >= 0.3 is 0 Å². The van der Waals surface area contributed by atoms with E-state index >= 15 is 0 Å². The van der Waals surface area contributed by atoms with Gasteiger partial charge in [-0.25, -0.2) is 0 Å². The van der Waals surface area contributed by atoms with Gasteiger partial charge in [0.1, 0.15) is 0 Å². The number of benzene rings is 1. The summed E-state index contributed by atoms with van der Waals surface area (Å²) in [4.78, 5) is 10.3. The van der Waals surface area contributed by atoms with Gasteiger partial charge in [0, 0.05) is 26.9 Å². The van der Waals surface area contributed by atoms with Crippen LogP contribution in [0.5, 0.6) is 0 Å². The summed E-state index contributed by atoms with van der Waals surface area (Å²) in [7, 11) is 0. The molecule has 2 nitrogen and oxygen atoms in total. The van der Waals surface area contributed by atoms with E-state index in [2.05, 4.69) is 0 Å². The molecule has 0 fully saturated rings. The largest absolute Gasteiger partial charge is 0.254 e. The van der Waals surface area contributed by atoms with Crippen LogP contribution < -0.4 is 5.18 Å². The fourth-order valence-corrected chi connectivity index (χ4v) is 1.80. The van der Waals surface area contributed by atoms with Crippen molar-refractivity contribution in [2.45, 2.75) is 0 Å². The lowest BCUT2D eigenvalue weighted by atomic mass is 10.2. The summed E-state index contributed by atoms with van der Waals surface area (Å²) in [5.74, 6) is 0. The molecule has 0 aliphatic heterocycles. The Morgan fingerprint density at radius 1 is 1.27 bits per heavy atom. The van der Waals surface area contributed by atoms with Crippen molar-refractivity contribution in [3.63, 3.8) is 0 Å². The number of fused-ring (bicyclic) bond motifs is 1. The van der Waals surface area contributed by atoms with Crippen molar-refractivity contribution in [3.8, 4) is 0 Å². The summed E-state index contributed by atoms with van der Waals surface area (Å²) < 4.78 is 1.21. The summed E-state index contributed by atoms with van der Waals surface area (Å²) in [6.07, 6.45) is 0. The molecule has 0 aliphatic carbocycles. The van der Waals surface area contributed by atoms with Crippen molar-refractivity contribution in [2.24, 2.45) is 0 Å². The quantitative estimate of drug-likeness (QED) is 0.678. The topological polar surface area (TPSA) is 31.0 Å². The molecule has 0 saturated heterocycles. The lowest BCUT2D eigenvalue weighted by Crippen LogP contribution is -2.55. The van der Waals surface area contributed by atoms with Gasteiger partial charge in [-0.15, -0.1) is 11.3 Å². The van der Waals surface area contributed by atoms with Crippen LogP contribution in [0, 0.1) is 4.91 Å². The van der Waals surface area contributed by atoms with Crippen LogP contribution in [0.4, 0.5) is 5.69 Å². The van der Waals surface area contributed by atoms with Gasteiger partial charge in [0.15, 0.2) is 0 Å². The molecular formula is C8H6NOS+. The van der Waals surface area contributed by atoms with Crippen molar-refractivity contribution in [3.05, 3.63) is 34.6 Å². The van der Waals surface area contributed by atoms with Gasteiger partial charge in [0.2, 0.25) is 0 Å². The zero-order valence-electron chi connectivity index (χ0n) is 5.70.